The molecule has 18 heavy (non-hydrogen) atoms. The summed E-state index contributed by atoms with van der Waals surface area (Å²) in [7, 11) is 0. The van der Waals surface area contributed by atoms with Crippen LogP contribution in [-0.2, 0) is 17.8 Å². The first-order valence-corrected chi connectivity index (χ1v) is 6.86. The molecule has 102 valence electrons. The molecule has 1 fully saturated rings. The summed E-state index contributed by atoms with van der Waals surface area (Å²) in [6.45, 7) is 10.4. The molecular formula is C14H25N3O. The van der Waals surface area contributed by atoms with Crippen LogP contribution in [0.3, 0.4) is 0 Å². The van der Waals surface area contributed by atoms with E-state index in [1.807, 2.05) is 6.33 Å². The summed E-state index contributed by atoms with van der Waals surface area (Å²) >= 11 is 0. The van der Waals surface area contributed by atoms with Gasteiger partial charge in [-0.15, -0.1) is 0 Å². The number of rotatable bonds is 5. The number of aromatic nitrogens is 2. The van der Waals surface area contributed by atoms with E-state index in [0.29, 0.717) is 12.1 Å². The molecule has 0 spiro atoms. The van der Waals surface area contributed by atoms with Crippen molar-refractivity contribution < 1.29 is 4.74 Å². The first-order valence-electron chi connectivity index (χ1n) is 6.86. The molecule has 1 N–H and O–H groups in total. The third-order valence-electron chi connectivity index (χ3n) is 3.35. The Morgan fingerprint density at radius 2 is 2.33 bits per heavy atom. The highest BCUT2D eigenvalue weighted by Gasteiger charge is 2.31. The Morgan fingerprint density at radius 1 is 1.56 bits per heavy atom. The molecule has 0 radical (unpaired) electrons. The number of ether oxygens (including phenoxy) is 1. The van der Waals surface area contributed by atoms with Crippen LogP contribution < -0.4 is 5.32 Å². The molecule has 0 amide bonds. The second-order valence-corrected chi connectivity index (χ2v) is 6.14. The molecule has 0 bridgehead atoms. The Kier molecular flexibility index (Phi) is 4.07. The lowest BCUT2D eigenvalue weighted by Crippen LogP contribution is -2.23. The van der Waals surface area contributed by atoms with E-state index in [1.54, 1.807) is 0 Å². The average Bonchev–Trinajstić information content (AvgIpc) is 2.83. The van der Waals surface area contributed by atoms with Gasteiger partial charge in [-0.05, 0) is 26.7 Å². The van der Waals surface area contributed by atoms with Crippen LogP contribution in [0.2, 0.25) is 0 Å². The molecule has 0 aliphatic carbocycles. The minimum atomic E-state index is 0.0489. The van der Waals surface area contributed by atoms with E-state index >= 15 is 0 Å². The third-order valence-corrected chi connectivity index (χ3v) is 3.35. The second-order valence-electron chi connectivity index (χ2n) is 6.14. The second kappa shape index (κ2) is 5.41. The largest absolute Gasteiger partial charge is 0.370 e. The highest BCUT2D eigenvalue weighted by atomic mass is 16.5. The first-order chi connectivity index (χ1) is 8.44. The maximum atomic E-state index is 6.00. The Bertz CT molecular complexity index is 384. The van der Waals surface area contributed by atoms with Gasteiger partial charge in [-0.1, -0.05) is 13.8 Å². The van der Waals surface area contributed by atoms with E-state index in [2.05, 4.69) is 48.8 Å². The molecule has 1 atom stereocenters. The molecule has 1 unspecified atom stereocenters. The van der Waals surface area contributed by atoms with E-state index < -0.39 is 0 Å². The van der Waals surface area contributed by atoms with Gasteiger partial charge in [-0.25, -0.2) is 4.98 Å². The summed E-state index contributed by atoms with van der Waals surface area (Å²) in [4.78, 5) is 4.41. The number of hydrogen-bond donors (Lipinski definition) is 1. The Hall–Kier alpha value is -0.870. The Morgan fingerprint density at radius 3 is 2.94 bits per heavy atom. The zero-order valence-corrected chi connectivity index (χ0v) is 11.9. The van der Waals surface area contributed by atoms with Gasteiger partial charge in [-0.3, -0.25) is 0 Å². The fourth-order valence-electron chi connectivity index (χ4n) is 2.35. The van der Waals surface area contributed by atoms with Gasteiger partial charge in [0.25, 0.3) is 0 Å². The summed E-state index contributed by atoms with van der Waals surface area (Å²) in [6.07, 6.45) is 6.65. The van der Waals surface area contributed by atoms with Gasteiger partial charge in [0.1, 0.15) is 0 Å². The monoisotopic (exact) mass is 251 g/mol. The van der Waals surface area contributed by atoms with Gasteiger partial charge in [-0.2, -0.15) is 0 Å². The lowest BCUT2D eigenvalue weighted by molar-refractivity contribution is -0.0217. The summed E-state index contributed by atoms with van der Waals surface area (Å²) in [5.74, 6) is 0. The normalized spacial score (nSPS) is 22.8. The zero-order valence-electron chi connectivity index (χ0n) is 11.9. The quantitative estimate of drug-likeness (QED) is 0.873. The van der Waals surface area contributed by atoms with Gasteiger partial charge in [0.2, 0.25) is 0 Å². The van der Waals surface area contributed by atoms with Crippen LogP contribution in [0.25, 0.3) is 0 Å². The number of nitrogens with zero attached hydrogens (tertiary/aromatic N) is 2. The van der Waals surface area contributed by atoms with Crippen molar-refractivity contribution in [1.29, 1.82) is 0 Å². The number of imidazole rings is 1. The van der Waals surface area contributed by atoms with Crippen molar-refractivity contribution in [2.75, 3.05) is 0 Å². The fourth-order valence-corrected chi connectivity index (χ4v) is 2.35. The van der Waals surface area contributed by atoms with Crippen LogP contribution in [0, 0.1) is 0 Å². The molecule has 1 saturated heterocycles. The van der Waals surface area contributed by atoms with Crippen LogP contribution in [0.1, 0.15) is 46.2 Å². The highest BCUT2D eigenvalue weighted by molar-refractivity contribution is 4.97. The maximum absolute atomic E-state index is 6.00. The molecule has 2 rings (SSSR count). The molecule has 0 aromatic carbocycles. The van der Waals surface area contributed by atoms with Gasteiger partial charge < -0.3 is 14.6 Å². The first kappa shape index (κ1) is 13.6. The van der Waals surface area contributed by atoms with Crippen molar-refractivity contribution in [2.24, 2.45) is 0 Å². The predicted molar refractivity (Wildman–Crippen MR) is 72.4 cm³/mol. The summed E-state index contributed by atoms with van der Waals surface area (Å²) in [6, 6.07) is 0.495. The van der Waals surface area contributed by atoms with Crippen molar-refractivity contribution >= 4 is 0 Å². The van der Waals surface area contributed by atoms with Crippen LogP contribution in [0.15, 0.2) is 12.5 Å². The number of hydrogen-bond acceptors (Lipinski definition) is 3. The molecule has 1 aliphatic rings. The van der Waals surface area contributed by atoms with E-state index in [1.165, 1.54) is 0 Å². The lowest BCUT2D eigenvalue weighted by atomic mass is 10.1. The maximum Gasteiger partial charge on any atom is 0.0950 e. The van der Waals surface area contributed by atoms with Crippen LogP contribution in [0.4, 0.5) is 0 Å². The van der Waals surface area contributed by atoms with Crippen LogP contribution in [0.5, 0.6) is 0 Å². The Labute approximate surface area is 110 Å². The minimum absolute atomic E-state index is 0.0489. The molecule has 1 aromatic rings. The smallest absolute Gasteiger partial charge is 0.0950 e. The summed E-state index contributed by atoms with van der Waals surface area (Å²) < 4.78 is 8.14. The SMILES string of the molecule is CC(C)NCc1cn(CC2CCC(C)(C)O2)cn1. The standard InChI is InChI=1S/C14H25N3O/c1-11(2)15-7-12-8-17(10-16-12)9-13-5-6-14(3,4)18-13/h8,10-11,13,15H,5-7,9H2,1-4H3. The Balaban J connectivity index is 1.83. The van der Waals surface area contributed by atoms with Gasteiger partial charge in [0.05, 0.1) is 23.7 Å². The van der Waals surface area contributed by atoms with Gasteiger partial charge >= 0.3 is 0 Å². The van der Waals surface area contributed by atoms with E-state index in [4.69, 9.17) is 4.74 Å². The topological polar surface area (TPSA) is 39.1 Å². The van der Waals surface area contributed by atoms with Crippen molar-refractivity contribution in [3.8, 4) is 0 Å². The van der Waals surface area contributed by atoms with Gasteiger partial charge in [0.15, 0.2) is 0 Å². The minimum Gasteiger partial charge on any atom is -0.370 e. The zero-order chi connectivity index (χ0) is 13.2. The van der Waals surface area contributed by atoms with Crippen molar-refractivity contribution in [3.05, 3.63) is 18.2 Å². The van der Waals surface area contributed by atoms with Gasteiger partial charge in [0, 0.05) is 25.3 Å². The molecule has 4 heteroatoms. The van der Waals surface area contributed by atoms with Crippen molar-refractivity contribution in [3.63, 3.8) is 0 Å². The highest BCUT2D eigenvalue weighted by Crippen LogP contribution is 2.30. The molecule has 4 nitrogen and oxygen atoms in total. The molecule has 0 saturated carbocycles. The van der Waals surface area contributed by atoms with E-state index in [0.717, 1.165) is 31.6 Å². The molecule has 1 aliphatic heterocycles. The van der Waals surface area contributed by atoms with Crippen LogP contribution in [-0.4, -0.2) is 27.3 Å². The summed E-state index contributed by atoms with van der Waals surface area (Å²) in [5.41, 5.74) is 1.15. The summed E-state index contributed by atoms with van der Waals surface area (Å²) in [5, 5.41) is 3.37. The van der Waals surface area contributed by atoms with E-state index in [9.17, 15) is 0 Å². The molecular weight excluding hydrogens is 226 g/mol. The van der Waals surface area contributed by atoms with Crippen LogP contribution >= 0.6 is 0 Å². The predicted octanol–water partition coefficient (Wildman–Crippen LogP) is 2.34. The van der Waals surface area contributed by atoms with Crippen molar-refractivity contribution in [1.82, 2.24) is 14.9 Å². The molecule has 1 aromatic heterocycles. The lowest BCUT2D eigenvalue weighted by Gasteiger charge is -2.19. The third kappa shape index (κ3) is 3.82. The van der Waals surface area contributed by atoms with Crippen molar-refractivity contribution in [2.45, 2.75) is 71.4 Å². The molecule has 2 heterocycles. The number of nitrogens with one attached hydrogen (secondary N) is 1. The average molecular weight is 251 g/mol. The fraction of sp³-hybridized carbons (Fsp3) is 0.786. The van der Waals surface area contributed by atoms with E-state index in [-0.39, 0.29) is 5.60 Å².